The molecule has 7 rings (SSSR count). The average Bonchev–Trinajstić information content (AvgIpc) is 3.65. The summed E-state index contributed by atoms with van der Waals surface area (Å²) in [6.07, 6.45) is 41.4. The number of hydrogen-bond acceptors (Lipinski definition) is 10. The maximum Gasteiger partial charge on any atom is 0.0499 e. The normalized spacial score (nSPS) is 12.1. The molecule has 0 saturated heterocycles. The van der Waals surface area contributed by atoms with Crippen LogP contribution in [0.2, 0.25) is 0 Å². The lowest BCUT2D eigenvalue weighted by Gasteiger charge is -2.23. The minimum absolute atomic E-state index is 1.07. The van der Waals surface area contributed by atoms with Crippen LogP contribution in [0, 0.1) is 0 Å². The first-order valence-corrected chi connectivity index (χ1v) is 42.6. The molecule has 0 saturated carbocycles. The third kappa shape index (κ3) is 16.7. The molecule has 3 aromatic heterocycles. The Bertz CT molecular complexity index is 2740. The molecule has 0 spiro atoms. The van der Waals surface area contributed by atoms with Crippen molar-refractivity contribution in [2.75, 3.05) is 23.0 Å². The van der Waals surface area contributed by atoms with E-state index in [1.54, 1.807) is 120 Å². The Labute approximate surface area is 541 Å². The van der Waals surface area contributed by atoms with E-state index in [9.17, 15) is 0 Å². The van der Waals surface area contributed by atoms with Crippen molar-refractivity contribution >= 4 is 171 Å². The van der Waals surface area contributed by atoms with Gasteiger partial charge in [0.05, 0.1) is 0 Å². The summed E-state index contributed by atoms with van der Waals surface area (Å²) in [4.78, 5) is 6.59. The van der Waals surface area contributed by atoms with Gasteiger partial charge in [0.15, 0.2) is 0 Å². The van der Waals surface area contributed by atoms with Gasteiger partial charge < -0.3 is 0 Å². The van der Waals surface area contributed by atoms with E-state index in [1.807, 2.05) is 0 Å². The zero-order valence-electron chi connectivity index (χ0n) is 53.5. The fraction of sp³-hybridized carbons (Fsp3) is 0.667. The van der Waals surface area contributed by atoms with E-state index in [2.05, 4.69) is 198 Å². The standard InChI is InChI=1S/C72H108S10/c1-13-25-29-33-37-41-45-73-57-49(17-5)61-62(50(18-6)58(57)74-46-42-38-34-30-26-14-2)78-66-54(22-10)70-69(53(21-9)65(66)77-61)81-71-55(23-11)67-68(56(24-12)72(71)82-70)80-64-52(20-8)60(76-48-44-40-36-32-28-16-4)59(51(19-7)63(64)79-67)75-47-43-39-35-31-27-15-3/h13-48H2,1-12H3. The summed E-state index contributed by atoms with van der Waals surface area (Å²) >= 11 is 22.1. The van der Waals surface area contributed by atoms with Crippen molar-refractivity contribution in [1.29, 1.82) is 0 Å². The molecule has 0 aliphatic heterocycles. The summed E-state index contributed by atoms with van der Waals surface area (Å²) in [5.74, 6) is 4.96. The van der Waals surface area contributed by atoms with Gasteiger partial charge in [-0.25, -0.2) is 0 Å². The van der Waals surface area contributed by atoms with Gasteiger partial charge in [0.1, 0.15) is 0 Å². The van der Waals surface area contributed by atoms with E-state index in [4.69, 9.17) is 0 Å². The maximum atomic E-state index is 2.47. The average molecular weight is 1290 g/mol. The topological polar surface area (TPSA) is 0 Å². The zero-order chi connectivity index (χ0) is 58.4. The second-order valence-corrected chi connectivity index (χ2v) is 33.5. The van der Waals surface area contributed by atoms with Crippen LogP contribution in [0.1, 0.15) is 282 Å². The third-order valence-electron chi connectivity index (χ3n) is 17.1. The lowest BCUT2D eigenvalue weighted by atomic mass is 10.1. The first-order chi connectivity index (χ1) is 40.3. The van der Waals surface area contributed by atoms with Gasteiger partial charge in [-0.05, 0) is 145 Å². The van der Waals surface area contributed by atoms with Crippen LogP contribution in [0.3, 0.4) is 0 Å². The molecule has 0 fully saturated rings. The first kappa shape index (κ1) is 69.1. The van der Waals surface area contributed by atoms with Gasteiger partial charge in [-0.2, -0.15) is 0 Å². The predicted octanol–water partition coefficient (Wildman–Crippen LogP) is 29.0. The molecule has 456 valence electrons. The highest BCUT2D eigenvalue weighted by Crippen LogP contribution is 2.55. The highest BCUT2D eigenvalue weighted by molar-refractivity contribution is 8.02. The maximum absolute atomic E-state index is 2.47. The molecule has 0 bridgehead atoms. The van der Waals surface area contributed by atoms with Crippen LogP contribution >= 0.6 is 115 Å². The van der Waals surface area contributed by atoms with Crippen LogP contribution in [0.4, 0.5) is 0 Å². The molecular weight excluding hydrogens is 1190 g/mol. The van der Waals surface area contributed by atoms with E-state index in [1.165, 1.54) is 177 Å². The Morgan fingerprint density at radius 1 is 0.183 bits per heavy atom. The van der Waals surface area contributed by atoms with Crippen LogP contribution in [0.15, 0.2) is 19.6 Å². The summed E-state index contributed by atoms with van der Waals surface area (Å²) in [7, 11) is 0. The summed E-state index contributed by atoms with van der Waals surface area (Å²) in [5.41, 5.74) is 13.0. The lowest BCUT2D eigenvalue weighted by molar-refractivity contribution is 0.626. The van der Waals surface area contributed by atoms with Crippen molar-refractivity contribution < 1.29 is 0 Å². The molecular formula is C72H108S10. The molecule has 0 aliphatic rings. The Kier molecular flexibility index (Phi) is 31.1. The van der Waals surface area contributed by atoms with Crippen molar-refractivity contribution in [3.63, 3.8) is 0 Å². The molecule has 0 unspecified atom stereocenters. The number of fused-ring (bicyclic) bond motifs is 6. The Hall–Kier alpha value is -0.400. The van der Waals surface area contributed by atoms with E-state index in [0.29, 0.717) is 0 Å². The van der Waals surface area contributed by atoms with Crippen molar-refractivity contribution in [2.45, 2.75) is 308 Å². The fourth-order valence-electron chi connectivity index (χ4n) is 12.3. The molecule has 0 N–H and O–H groups in total. The molecule has 0 nitrogen and oxygen atoms in total. The van der Waals surface area contributed by atoms with Gasteiger partial charge >= 0.3 is 0 Å². The van der Waals surface area contributed by atoms with E-state index in [0.717, 1.165) is 51.4 Å². The van der Waals surface area contributed by atoms with Crippen molar-refractivity contribution in [3.05, 3.63) is 44.5 Å². The van der Waals surface area contributed by atoms with Gasteiger partial charge in [0.25, 0.3) is 0 Å². The number of hydrogen-bond donors (Lipinski definition) is 0. The highest BCUT2D eigenvalue weighted by Gasteiger charge is 2.27. The number of rotatable bonds is 40. The van der Waals surface area contributed by atoms with Crippen molar-refractivity contribution in [1.82, 2.24) is 0 Å². The summed E-state index contributed by atoms with van der Waals surface area (Å²) in [6, 6.07) is 0. The number of benzene rings is 4. The largest absolute Gasteiger partial charge is 0.133 e. The van der Waals surface area contributed by atoms with Crippen LogP contribution in [-0.2, 0) is 51.4 Å². The SMILES string of the molecule is CCCCCCCCSc1c(SCCCCCCCC)c(CC)c2sc3c(CC)c4sc5c(CC)c6sc7c(CC)c(SCCCCCCCC)c(SCCCCCCCC)c(CC)c7sc6c(CC)c5sc4c(CC)c3sc2c1CC. The van der Waals surface area contributed by atoms with Gasteiger partial charge in [-0.3, -0.25) is 0 Å². The number of unbranched alkanes of at least 4 members (excludes halogenated alkanes) is 20. The lowest BCUT2D eigenvalue weighted by Crippen LogP contribution is -2.00. The summed E-state index contributed by atoms with van der Waals surface area (Å²) in [5, 5.41) is 0. The molecule has 4 aromatic carbocycles. The quantitative estimate of drug-likeness (QED) is 0.0213. The fourth-order valence-corrected chi connectivity index (χ4v) is 28.2. The van der Waals surface area contributed by atoms with Crippen molar-refractivity contribution in [3.8, 4) is 0 Å². The molecule has 7 aromatic rings. The molecule has 3 heterocycles. The highest BCUT2D eigenvalue weighted by atomic mass is 32.2. The van der Waals surface area contributed by atoms with Crippen LogP contribution in [0.25, 0.3) is 56.4 Å². The number of aryl methyl sites for hydroxylation is 8. The Morgan fingerprint density at radius 3 is 0.488 bits per heavy atom. The van der Waals surface area contributed by atoms with E-state index >= 15 is 0 Å². The van der Waals surface area contributed by atoms with Crippen LogP contribution < -0.4 is 0 Å². The monoisotopic (exact) mass is 1290 g/mol. The summed E-state index contributed by atoms with van der Waals surface area (Å²) < 4.78 is 19.1. The minimum atomic E-state index is 1.07. The summed E-state index contributed by atoms with van der Waals surface area (Å²) in [6.45, 7) is 29.1. The van der Waals surface area contributed by atoms with Gasteiger partial charge in [0.2, 0.25) is 0 Å². The van der Waals surface area contributed by atoms with Crippen LogP contribution in [-0.4, -0.2) is 23.0 Å². The van der Waals surface area contributed by atoms with Gasteiger partial charge in [-0.15, -0.1) is 115 Å². The minimum Gasteiger partial charge on any atom is -0.133 e. The Morgan fingerprint density at radius 2 is 0.329 bits per heavy atom. The third-order valence-corrected chi connectivity index (χ3v) is 30.9. The molecule has 82 heavy (non-hydrogen) atoms. The van der Waals surface area contributed by atoms with Crippen molar-refractivity contribution in [2.24, 2.45) is 0 Å². The smallest absolute Gasteiger partial charge is 0.0499 e. The zero-order valence-corrected chi connectivity index (χ0v) is 61.7. The predicted molar refractivity (Wildman–Crippen MR) is 397 cm³/mol. The van der Waals surface area contributed by atoms with Crippen LogP contribution in [0.5, 0.6) is 0 Å². The van der Waals surface area contributed by atoms with E-state index < -0.39 is 0 Å². The molecule has 0 aliphatic carbocycles. The van der Waals surface area contributed by atoms with Gasteiger partial charge in [-0.1, -0.05) is 212 Å². The Balaban J connectivity index is 1.45. The second-order valence-electron chi connectivity index (χ2n) is 23.0. The second kappa shape index (κ2) is 36.9. The van der Waals surface area contributed by atoms with E-state index in [-0.39, 0.29) is 0 Å². The molecule has 0 radical (unpaired) electrons. The first-order valence-electron chi connectivity index (χ1n) is 33.7. The van der Waals surface area contributed by atoms with Gasteiger partial charge in [0, 0.05) is 76.0 Å². The molecule has 0 amide bonds. The molecule has 0 atom stereocenters. The number of thioether (sulfide) groups is 4. The molecule has 10 heteroatoms.